The van der Waals surface area contributed by atoms with Crippen molar-refractivity contribution in [2.24, 2.45) is 10.8 Å². The molecule has 0 bridgehead atoms. The van der Waals surface area contributed by atoms with Crippen LogP contribution in [0.5, 0.6) is 0 Å². The third-order valence-electron chi connectivity index (χ3n) is 14.8. The van der Waals surface area contributed by atoms with Gasteiger partial charge in [-0.25, -0.2) is 24.1 Å². The van der Waals surface area contributed by atoms with E-state index in [2.05, 4.69) is 35.6 Å². The maximum absolute atomic E-state index is 15.2. The van der Waals surface area contributed by atoms with Gasteiger partial charge in [-0.1, -0.05) is 46.1 Å². The number of aromatic nitrogens is 7. The highest BCUT2D eigenvalue weighted by atomic mass is 19.1. The standard InChI is InChI=1S/C51H58FN11O4/c1-32-43-45(57-48(56-32)61(35-9-5-6-10-35)31-51(47(65)66)19-8-20-51)63(36-16-22-58(23-17-36)30-50(2,3)4)49(67)62(43)37-14-15-41(55-27-37)46(64)59-24-18-38-39-11-7-21-54-44(39)60(42(38)29-59)28-34-13-12-33(26-53)25-40(34)52/h7,11-15,21,25,27,35-36H,5-6,8-10,16-20,22-24,28-31H2,1-4H3,(H,65,66). The summed E-state index contributed by atoms with van der Waals surface area (Å²) < 4.78 is 20.7. The fourth-order valence-electron chi connectivity index (χ4n) is 11.2. The van der Waals surface area contributed by atoms with E-state index in [-0.39, 0.29) is 53.4 Å². The zero-order valence-electron chi connectivity index (χ0n) is 38.8. The first kappa shape index (κ1) is 44.4. The minimum atomic E-state index is -0.844. The number of aryl methyl sites for hydroxylation is 1. The number of amides is 1. The molecule has 1 amide bonds. The second-order valence-corrected chi connectivity index (χ2v) is 20.5. The number of aliphatic carboxylic acids is 1. The van der Waals surface area contributed by atoms with E-state index < -0.39 is 17.2 Å². The topological polar surface area (TPSA) is 171 Å². The predicted octanol–water partition coefficient (Wildman–Crippen LogP) is 7.58. The van der Waals surface area contributed by atoms with E-state index in [9.17, 15) is 20.0 Å². The summed E-state index contributed by atoms with van der Waals surface area (Å²) in [4.78, 5) is 68.1. The summed E-state index contributed by atoms with van der Waals surface area (Å²) >= 11 is 0. The Labute approximate surface area is 388 Å². The number of carboxylic acids is 1. The molecule has 67 heavy (non-hydrogen) atoms. The second kappa shape index (κ2) is 17.3. The summed E-state index contributed by atoms with van der Waals surface area (Å²) in [6, 6.07) is 13.7. The second-order valence-electron chi connectivity index (χ2n) is 20.5. The molecule has 0 radical (unpaired) electrons. The molecular formula is C51H58FN11O4. The van der Waals surface area contributed by atoms with Gasteiger partial charge in [0, 0.05) is 67.6 Å². The van der Waals surface area contributed by atoms with Crippen LogP contribution in [0.2, 0.25) is 0 Å². The zero-order chi connectivity index (χ0) is 46.8. The highest BCUT2D eigenvalue weighted by Crippen LogP contribution is 2.44. The van der Waals surface area contributed by atoms with Crippen LogP contribution in [0, 0.1) is 34.9 Å². The minimum absolute atomic E-state index is 0.114. The Hall–Kier alpha value is -6.47. The van der Waals surface area contributed by atoms with Crippen LogP contribution < -0.4 is 10.6 Å². The summed E-state index contributed by atoms with van der Waals surface area (Å²) in [5, 5.41) is 20.7. The van der Waals surface area contributed by atoms with Gasteiger partial charge in [-0.05, 0) is 99.2 Å². The third-order valence-corrected chi connectivity index (χ3v) is 14.8. The largest absolute Gasteiger partial charge is 0.481 e. The Bertz CT molecular complexity index is 3000. The Morgan fingerprint density at radius 3 is 2.42 bits per heavy atom. The van der Waals surface area contributed by atoms with Crippen molar-refractivity contribution in [3.8, 4) is 11.8 Å². The van der Waals surface area contributed by atoms with Gasteiger partial charge in [-0.2, -0.15) is 10.2 Å². The van der Waals surface area contributed by atoms with Crippen molar-refractivity contribution < 1.29 is 19.1 Å². The molecule has 1 aromatic carbocycles. The van der Waals surface area contributed by atoms with E-state index in [4.69, 9.17) is 15.0 Å². The number of carboxylic acid groups (broad SMARTS) is 1. The third kappa shape index (κ3) is 8.15. The van der Waals surface area contributed by atoms with Crippen LogP contribution in [0.15, 0.2) is 59.7 Å². The lowest BCUT2D eigenvalue weighted by molar-refractivity contribution is -0.153. The molecule has 7 heterocycles. The molecule has 0 spiro atoms. The smallest absolute Gasteiger partial charge is 0.335 e. The van der Waals surface area contributed by atoms with Crippen molar-refractivity contribution in [3.05, 3.63) is 105 Å². The Morgan fingerprint density at radius 1 is 0.985 bits per heavy atom. The van der Waals surface area contributed by atoms with Gasteiger partial charge in [0.05, 0.1) is 47.7 Å². The normalized spacial score (nSPS) is 18.0. The molecular weight excluding hydrogens is 850 g/mol. The SMILES string of the molecule is Cc1nc(N(CC2(C(=O)O)CCC2)C2CCCC2)nc2c1n(-c1ccc(C(=O)N3CCc4c(n(Cc5ccc(C#N)cc5F)c5ncccc45)C3)nc1)c(=O)n2C1CCN(CC(C)(C)C)CC1. The summed E-state index contributed by atoms with van der Waals surface area (Å²) in [6.07, 6.45) is 11.5. The maximum Gasteiger partial charge on any atom is 0.335 e. The number of halogens is 1. The van der Waals surface area contributed by atoms with Gasteiger partial charge < -0.3 is 24.4 Å². The number of benzene rings is 1. The number of piperidine rings is 1. The molecule has 348 valence electrons. The first-order valence-electron chi connectivity index (χ1n) is 23.8. The highest BCUT2D eigenvalue weighted by Gasteiger charge is 2.47. The van der Waals surface area contributed by atoms with Gasteiger partial charge in [0.15, 0.2) is 5.65 Å². The van der Waals surface area contributed by atoms with E-state index in [1.54, 1.807) is 46.1 Å². The van der Waals surface area contributed by atoms with Crippen LogP contribution >= 0.6 is 0 Å². The van der Waals surface area contributed by atoms with E-state index in [1.165, 1.54) is 6.07 Å². The van der Waals surface area contributed by atoms with Crippen LogP contribution in [0.25, 0.3) is 27.9 Å². The summed E-state index contributed by atoms with van der Waals surface area (Å²) in [5.74, 6) is -1.06. The average Bonchev–Trinajstić information content (AvgIpc) is 4.02. The molecule has 10 rings (SSSR count). The number of fused-ring (bicyclic) bond motifs is 4. The van der Waals surface area contributed by atoms with Crippen molar-refractivity contribution in [1.82, 2.24) is 43.4 Å². The first-order valence-corrected chi connectivity index (χ1v) is 23.8. The minimum Gasteiger partial charge on any atom is -0.481 e. The van der Waals surface area contributed by atoms with Crippen molar-refractivity contribution in [1.29, 1.82) is 5.26 Å². The number of hydrogen-bond donors (Lipinski definition) is 1. The summed E-state index contributed by atoms with van der Waals surface area (Å²) in [5.41, 5.74) is 4.74. The van der Waals surface area contributed by atoms with Gasteiger partial charge in [-0.15, -0.1) is 0 Å². The van der Waals surface area contributed by atoms with E-state index in [0.29, 0.717) is 72.1 Å². The van der Waals surface area contributed by atoms with Gasteiger partial charge in [0.2, 0.25) is 5.95 Å². The Morgan fingerprint density at radius 2 is 1.76 bits per heavy atom. The number of imidazole rings is 1. The Kier molecular flexibility index (Phi) is 11.5. The lowest BCUT2D eigenvalue weighted by Crippen LogP contribution is -2.51. The molecule has 2 aliphatic carbocycles. The van der Waals surface area contributed by atoms with E-state index >= 15 is 9.18 Å². The number of nitriles is 1. The van der Waals surface area contributed by atoms with Crippen molar-refractivity contribution in [2.45, 2.75) is 117 Å². The summed E-state index contributed by atoms with van der Waals surface area (Å²) in [7, 11) is 0. The van der Waals surface area contributed by atoms with Gasteiger partial charge in [-0.3, -0.25) is 18.7 Å². The number of hydrogen-bond acceptors (Lipinski definition) is 10. The van der Waals surface area contributed by atoms with Crippen molar-refractivity contribution in [2.75, 3.05) is 37.6 Å². The lowest BCUT2D eigenvalue weighted by atomic mass is 9.68. The van der Waals surface area contributed by atoms with E-state index in [1.807, 2.05) is 34.3 Å². The molecule has 1 N–H and O–H groups in total. The molecule has 6 aromatic rings. The van der Waals surface area contributed by atoms with Crippen molar-refractivity contribution in [3.63, 3.8) is 0 Å². The van der Waals surface area contributed by atoms with Gasteiger partial charge >= 0.3 is 11.7 Å². The number of nitrogens with zero attached hydrogens (tertiary/aromatic N) is 11. The lowest BCUT2D eigenvalue weighted by Gasteiger charge is -2.43. The van der Waals surface area contributed by atoms with Crippen LogP contribution in [-0.4, -0.2) is 99.2 Å². The van der Waals surface area contributed by atoms with Crippen LogP contribution in [0.3, 0.4) is 0 Å². The molecule has 4 aliphatic rings. The number of pyridine rings is 2. The zero-order valence-corrected chi connectivity index (χ0v) is 38.8. The molecule has 15 nitrogen and oxygen atoms in total. The average molecular weight is 908 g/mol. The monoisotopic (exact) mass is 907 g/mol. The fraction of sp³-hybridized carbons (Fsp3) is 0.490. The fourth-order valence-corrected chi connectivity index (χ4v) is 11.2. The predicted molar refractivity (Wildman–Crippen MR) is 252 cm³/mol. The van der Waals surface area contributed by atoms with Gasteiger partial charge in [0.25, 0.3) is 5.91 Å². The molecule has 1 saturated heterocycles. The molecule has 3 fully saturated rings. The van der Waals surface area contributed by atoms with Crippen LogP contribution in [0.1, 0.15) is 123 Å². The molecule has 2 saturated carbocycles. The number of anilines is 1. The van der Waals surface area contributed by atoms with E-state index in [0.717, 1.165) is 81.2 Å². The number of carbonyl (C=O) groups excluding carboxylic acids is 1. The molecule has 0 unspecified atom stereocenters. The first-order chi connectivity index (χ1) is 32.2. The highest BCUT2D eigenvalue weighted by molar-refractivity contribution is 5.93. The van der Waals surface area contributed by atoms with Crippen LogP contribution in [0.4, 0.5) is 10.3 Å². The molecule has 5 aromatic heterocycles. The quantitative estimate of drug-likeness (QED) is 0.136. The molecule has 0 atom stereocenters. The van der Waals surface area contributed by atoms with Crippen molar-refractivity contribution >= 4 is 40.0 Å². The number of rotatable bonds is 11. The summed E-state index contributed by atoms with van der Waals surface area (Å²) in [6.45, 7) is 12.5. The Balaban J connectivity index is 0.988. The van der Waals surface area contributed by atoms with Gasteiger partial charge in [0.1, 0.15) is 22.7 Å². The molecule has 2 aliphatic heterocycles. The number of carbonyl (C=O) groups is 2. The number of likely N-dealkylation sites (tertiary alicyclic amines) is 1. The maximum atomic E-state index is 15.2. The molecule has 16 heteroatoms. The van der Waals surface area contributed by atoms with Crippen LogP contribution in [-0.2, 0) is 24.3 Å².